The van der Waals surface area contributed by atoms with Crippen LogP contribution in [0.15, 0.2) is 4.52 Å². The Morgan fingerprint density at radius 3 is 2.91 bits per heavy atom. The molecule has 1 saturated heterocycles. The number of aromatic nitrogens is 3. The smallest absolute Gasteiger partial charge is 0.269 e. The van der Waals surface area contributed by atoms with Crippen molar-refractivity contribution in [3.63, 3.8) is 0 Å². The second-order valence-electron chi connectivity index (χ2n) is 5.50. The van der Waals surface area contributed by atoms with Crippen molar-refractivity contribution >= 4 is 23.7 Å². The molecule has 0 amide bonds. The molecular formula is C14H22ClN5O2S. The number of rotatable bonds is 4. The normalized spacial score (nSPS) is 20.3. The molecule has 0 radical (unpaired) electrons. The minimum Gasteiger partial charge on any atom is -0.375 e. The van der Waals surface area contributed by atoms with E-state index in [1.807, 2.05) is 13.8 Å². The molecule has 0 spiro atoms. The third kappa shape index (κ3) is 3.72. The van der Waals surface area contributed by atoms with E-state index in [2.05, 4.69) is 32.4 Å². The molecule has 3 heterocycles. The van der Waals surface area contributed by atoms with Crippen LogP contribution in [0.4, 0.5) is 0 Å². The van der Waals surface area contributed by atoms with E-state index < -0.39 is 0 Å². The van der Waals surface area contributed by atoms with E-state index in [0.29, 0.717) is 5.89 Å². The van der Waals surface area contributed by atoms with Crippen LogP contribution in [0.25, 0.3) is 10.8 Å². The van der Waals surface area contributed by atoms with Crippen LogP contribution >= 0.6 is 23.7 Å². The molecule has 0 aromatic carbocycles. The summed E-state index contributed by atoms with van der Waals surface area (Å²) in [6, 6.07) is 0.150. The van der Waals surface area contributed by atoms with Crippen LogP contribution in [0.1, 0.15) is 35.6 Å². The lowest BCUT2D eigenvalue weighted by Gasteiger charge is -2.30. The molecule has 2 aromatic rings. The van der Waals surface area contributed by atoms with Crippen LogP contribution in [0.5, 0.6) is 0 Å². The quantitative estimate of drug-likeness (QED) is 0.896. The Morgan fingerprint density at radius 1 is 1.43 bits per heavy atom. The molecule has 128 valence electrons. The van der Waals surface area contributed by atoms with Gasteiger partial charge in [-0.2, -0.15) is 4.98 Å². The molecule has 1 N–H and O–H groups in total. The fraction of sp³-hybridized carbons (Fsp3) is 0.643. The number of aryl methyl sites for hydroxylation is 1. The number of nitrogens with zero attached hydrogens (tertiary/aromatic N) is 4. The van der Waals surface area contributed by atoms with Crippen molar-refractivity contribution < 1.29 is 9.26 Å². The first kappa shape index (κ1) is 18.3. The molecule has 1 fully saturated rings. The fourth-order valence-corrected chi connectivity index (χ4v) is 3.46. The van der Waals surface area contributed by atoms with Gasteiger partial charge in [-0.15, -0.1) is 23.7 Å². The van der Waals surface area contributed by atoms with E-state index in [0.717, 1.165) is 41.0 Å². The minimum absolute atomic E-state index is 0. The predicted molar refractivity (Wildman–Crippen MR) is 91.1 cm³/mol. The van der Waals surface area contributed by atoms with E-state index in [1.54, 1.807) is 18.4 Å². The number of nitrogens with one attached hydrogen (secondary N) is 1. The Morgan fingerprint density at radius 2 is 2.22 bits per heavy atom. The summed E-state index contributed by atoms with van der Waals surface area (Å²) in [4.78, 5) is 12.3. The van der Waals surface area contributed by atoms with E-state index >= 15 is 0 Å². The Kier molecular flexibility index (Phi) is 6.10. The average molecular weight is 360 g/mol. The van der Waals surface area contributed by atoms with Crippen molar-refractivity contribution in [1.82, 2.24) is 25.3 Å². The molecule has 7 nitrogen and oxygen atoms in total. The largest absolute Gasteiger partial charge is 0.375 e. The summed E-state index contributed by atoms with van der Waals surface area (Å²) in [5.74, 6) is 1.26. The third-order valence-electron chi connectivity index (χ3n) is 3.96. The summed E-state index contributed by atoms with van der Waals surface area (Å²) in [6.45, 7) is 6.73. The Bertz CT molecular complexity index is 647. The van der Waals surface area contributed by atoms with Gasteiger partial charge in [0, 0.05) is 26.7 Å². The lowest BCUT2D eigenvalue weighted by molar-refractivity contribution is 0.119. The fourth-order valence-electron chi connectivity index (χ4n) is 2.45. The molecule has 23 heavy (non-hydrogen) atoms. The van der Waals surface area contributed by atoms with Crippen LogP contribution in [0, 0.1) is 6.92 Å². The molecule has 0 aliphatic carbocycles. The number of hydrogen-bond acceptors (Lipinski definition) is 8. The first-order valence-corrected chi connectivity index (χ1v) is 8.17. The van der Waals surface area contributed by atoms with Gasteiger partial charge in [0.15, 0.2) is 5.82 Å². The highest BCUT2D eigenvalue weighted by atomic mass is 35.5. The summed E-state index contributed by atoms with van der Waals surface area (Å²) < 4.78 is 10.8. The van der Waals surface area contributed by atoms with Gasteiger partial charge in [0.05, 0.1) is 11.7 Å². The van der Waals surface area contributed by atoms with Crippen molar-refractivity contribution in [3.05, 3.63) is 16.5 Å². The summed E-state index contributed by atoms with van der Waals surface area (Å²) in [5, 5.41) is 8.45. The molecule has 0 saturated carbocycles. The zero-order chi connectivity index (χ0) is 15.7. The number of methoxy groups -OCH3 is 1. The molecular weight excluding hydrogens is 338 g/mol. The van der Waals surface area contributed by atoms with E-state index in [-0.39, 0.29) is 24.6 Å². The Balaban J connectivity index is 0.00000192. The maximum Gasteiger partial charge on any atom is 0.269 e. The minimum atomic E-state index is -0.0338. The highest BCUT2D eigenvalue weighted by Gasteiger charge is 2.26. The van der Waals surface area contributed by atoms with E-state index in [9.17, 15) is 0 Å². The molecule has 3 rings (SSSR count). The Labute approximate surface area is 145 Å². The van der Waals surface area contributed by atoms with Gasteiger partial charge in [0.1, 0.15) is 16.0 Å². The highest BCUT2D eigenvalue weighted by Crippen LogP contribution is 2.33. The summed E-state index contributed by atoms with van der Waals surface area (Å²) >= 11 is 1.54. The monoisotopic (exact) mass is 359 g/mol. The van der Waals surface area contributed by atoms with Crippen molar-refractivity contribution in [2.45, 2.75) is 26.0 Å². The maximum absolute atomic E-state index is 5.47. The number of likely N-dealkylation sites (N-methyl/N-ethyl adjacent to an activating group) is 1. The van der Waals surface area contributed by atoms with Gasteiger partial charge in [0.25, 0.3) is 5.89 Å². The van der Waals surface area contributed by atoms with Crippen LogP contribution in [-0.2, 0) is 4.74 Å². The van der Waals surface area contributed by atoms with Crippen molar-refractivity contribution in [2.75, 3.05) is 33.8 Å². The van der Waals surface area contributed by atoms with Gasteiger partial charge >= 0.3 is 0 Å². The number of hydrogen-bond donors (Lipinski definition) is 1. The average Bonchev–Trinajstić information content (AvgIpc) is 3.13. The zero-order valence-corrected chi connectivity index (χ0v) is 15.3. The third-order valence-corrected chi connectivity index (χ3v) is 5.27. The second-order valence-corrected chi connectivity index (χ2v) is 6.53. The van der Waals surface area contributed by atoms with Gasteiger partial charge < -0.3 is 14.6 Å². The summed E-state index contributed by atoms with van der Waals surface area (Å²) in [6.07, 6.45) is -0.0338. The highest BCUT2D eigenvalue weighted by molar-refractivity contribution is 7.15. The van der Waals surface area contributed by atoms with Gasteiger partial charge in [-0.25, -0.2) is 4.98 Å². The SMILES string of the molecule is COC(C)c1nc(C)c(-c2nc(C3CNCCN3C)no2)s1.Cl. The van der Waals surface area contributed by atoms with E-state index in [4.69, 9.17) is 9.26 Å². The number of piperazine rings is 1. The van der Waals surface area contributed by atoms with Crippen LogP contribution in [0.3, 0.4) is 0 Å². The van der Waals surface area contributed by atoms with Gasteiger partial charge in [-0.1, -0.05) is 5.16 Å². The summed E-state index contributed by atoms with van der Waals surface area (Å²) in [7, 11) is 3.76. The number of halogens is 1. The van der Waals surface area contributed by atoms with Crippen LogP contribution in [0.2, 0.25) is 0 Å². The molecule has 1 aliphatic heterocycles. The summed E-state index contributed by atoms with van der Waals surface area (Å²) in [5.41, 5.74) is 0.897. The number of ether oxygens (including phenoxy) is 1. The van der Waals surface area contributed by atoms with Gasteiger partial charge in [-0.3, -0.25) is 4.90 Å². The van der Waals surface area contributed by atoms with Gasteiger partial charge in [-0.05, 0) is 20.9 Å². The molecule has 2 aromatic heterocycles. The van der Waals surface area contributed by atoms with E-state index in [1.165, 1.54) is 0 Å². The molecule has 2 unspecified atom stereocenters. The van der Waals surface area contributed by atoms with Crippen molar-refractivity contribution in [2.24, 2.45) is 0 Å². The zero-order valence-electron chi connectivity index (χ0n) is 13.7. The lowest BCUT2D eigenvalue weighted by atomic mass is 10.2. The molecule has 1 aliphatic rings. The second kappa shape index (κ2) is 7.67. The van der Waals surface area contributed by atoms with Gasteiger partial charge in [0.2, 0.25) is 0 Å². The lowest BCUT2D eigenvalue weighted by Crippen LogP contribution is -2.44. The first-order valence-electron chi connectivity index (χ1n) is 7.35. The maximum atomic E-state index is 5.47. The predicted octanol–water partition coefficient (Wildman–Crippen LogP) is 2.21. The van der Waals surface area contributed by atoms with Crippen molar-refractivity contribution in [1.29, 1.82) is 0 Å². The molecule has 2 atom stereocenters. The Hall–Kier alpha value is -1.06. The van der Waals surface area contributed by atoms with Crippen LogP contribution < -0.4 is 5.32 Å². The topological polar surface area (TPSA) is 76.3 Å². The standard InChI is InChI=1S/C14H21N5O2S.ClH/c1-8-11(22-14(16-8)9(2)20-4)13-17-12(18-21-13)10-7-15-5-6-19(10)3;/h9-10,15H,5-7H2,1-4H3;1H. The van der Waals surface area contributed by atoms with Crippen molar-refractivity contribution in [3.8, 4) is 10.8 Å². The molecule has 9 heteroatoms. The first-order chi connectivity index (χ1) is 10.6. The molecule has 0 bridgehead atoms. The number of thiazole rings is 1. The van der Waals surface area contributed by atoms with Crippen LogP contribution in [-0.4, -0.2) is 53.8 Å².